The van der Waals surface area contributed by atoms with Crippen LogP contribution in [0.1, 0.15) is 86.8 Å². The van der Waals surface area contributed by atoms with Crippen LogP contribution in [-0.2, 0) is 20.8 Å². The third-order valence-electron chi connectivity index (χ3n) is 5.64. The molecule has 1 amide bonds. The number of carbonyl (C=O) groups excluding carboxylic acids is 2. The van der Waals surface area contributed by atoms with Gasteiger partial charge in [-0.2, -0.15) is 5.10 Å². The Morgan fingerprint density at radius 1 is 1.16 bits per heavy atom. The topological polar surface area (TPSA) is 98.0 Å². The van der Waals surface area contributed by atoms with Gasteiger partial charge in [0, 0.05) is 38.1 Å². The molecule has 0 aliphatic carbocycles. The van der Waals surface area contributed by atoms with Crippen LogP contribution in [0.5, 0.6) is 0 Å². The molecular weight excluding hydrogens is 502 g/mol. The summed E-state index contributed by atoms with van der Waals surface area (Å²) in [6, 6.07) is 0.105. The van der Waals surface area contributed by atoms with E-state index in [-0.39, 0.29) is 18.1 Å². The second-order valence-corrected chi connectivity index (χ2v) is 12.8. The standard InChI is InChI=1S/C28H49N5O4S/c1-9-36-24(34)13-15-38-26-25-23(19-33(31-25)17-21(4)5)32(16-20(2)3)18-22(30-26)12-10-11-14-29-27(35)37-28(6,7)8/h19-22H,9-18H2,1-8H3,(H,29,35)/t22-/m0/s1. The van der Waals surface area contributed by atoms with Gasteiger partial charge in [0.05, 0.1) is 24.8 Å². The lowest BCUT2D eigenvalue weighted by atomic mass is 10.1. The Hall–Kier alpha value is -2.23. The summed E-state index contributed by atoms with van der Waals surface area (Å²) < 4.78 is 12.5. The average Bonchev–Trinajstić information content (AvgIpc) is 3.13. The van der Waals surface area contributed by atoms with Gasteiger partial charge < -0.3 is 19.7 Å². The van der Waals surface area contributed by atoms with Gasteiger partial charge in [-0.15, -0.1) is 11.8 Å². The number of unbranched alkanes of at least 4 members (excludes halogenated alkanes) is 1. The molecule has 2 rings (SSSR count). The zero-order valence-corrected chi connectivity index (χ0v) is 25.5. The number of carbonyl (C=O) groups is 2. The number of hydrogen-bond donors (Lipinski definition) is 1. The summed E-state index contributed by atoms with van der Waals surface area (Å²) in [5.41, 5.74) is 1.53. The van der Waals surface area contributed by atoms with Gasteiger partial charge in [-0.3, -0.25) is 14.5 Å². The van der Waals surface area contributed by atoms with E-state index in [4.69, 9.17) is 19.6 Å². The molecule has 0 saturated heterocycles. The average molecular weight is 552 g/mol. The van der Waals surface area contributed by atoms with Crippen LogP contribution >= 0.6 is 11.8 Å². The normalized spacial score (nSPS) is 15.8. The van der Waals surface area contributed by atoms with E-state index in [0.717, 1.165) is 55.3 Å². The summed E-state index contributed by atoms with van der Waals surface area (Å²) in [7, 11) is 0. The summed E-state index contributed by atoms with van der Waals surface area (Å²) in [6.07, 6.45) is 4.82. The minimum absolute atomic E-state index is 0.105. The molecule has 1 N–H and O–H groups in total. The first kappa shape index (κ1) is 32.0. The highest BCUT2D eigenvalue weighted by atomic mass is 32.2. The van der Waals surface area contributed by atoms with E-state index in [1.54, 1.807) is 11.8 Å². The number of rotatable bonds is 13. The van der Waals surface area contributed by atoms with E-state index in [2.05, 4.69) is 44.1 Å². The second-order valence-electron chi connectivity index (χ2n) is 11.7. The van der Waals surface area contributed by atoms with Crippen LogP contribution < -0.4 is 10.2 Å². The minimum Gasteiger partial charge on any atom is -0.466 e. The highest BCUT2D eigenvalue weighted by Crippen LogP contribution is 2.31. The Labute approximate surface area is 233 Å². The highest BCUT2D eigenvalue weighted by molar-refractivity contribution is 8.14. The fourth-order valence-corrected chi connectivity index (χ4v) is 5.20. The fraction of sp³-hybridized carbons (Fsp3) is 0.786. The number of aromatic nitrogens is 2. The number of anilines is 1. The molecule has 0 fully saturated rings. The van der Waals surface area contributed by atoms with Gasteiger partial charge in [-0.25, -0.2) is 4.79 Å². The van der Waals surface area contributed by atoms with Crippen molar-refractivity contribution < 1.29 is 19.1 Å². The molecule has 0 unspecified atom stereocenters. The van der Waals surface area contributed by atoms with Crippen molar-refractivity contribution in [1.82, 2.24) is 15.1 Å². The number of ether oxygens (including phenoxy) is 2. The maximum atomic E-state index is 11.9. The lowest BCUT2D eigenvalue weighted by Gasteiger charge is -2.27. The quantitative estimate of drug-likeness (QED) is 0.255. The van der Waals surface area contributed by atoms with Gasteiger partial charge in [0.25, 0.3) is 0 Å². The van der Waals surface area contributed by atoms with Gasteiger partial charge in [0.1, 0.15) is 16.3 Å². The third kappa shape index (κ3) is 11.7. The van der Waals surface area contributed by atoms with Crippen molar-refractivity contribution in [2.75, 3.05) is 36.9 Å². The van der Waals surface area contributed by atoms with Gasteiger partial charge in [-0.05, 0) is 58.8 Å². The Balaban J connectivity index is 2.15. The van der Waals surface area contributed by atoms with Crippen molar-refractivity contribution in [3.63, 3.8) is 0 Å². The molecule has 1 aromatic rings. The summed E-state index contributed by atoms with van der Waals surface area (Å²) in [5, 5.41) is 8.71. The molecule has 1 atom stereocenters. The van der Waals surface area contributed by atoms with Crippen molar-refractivity contribution in [3.05, 3.63) is 11.9 Å². The van der Waals surface area contributed by atoms with Crippen molar-refractivity contribution >= 4 is 34.6 Å². The Morgan fingerprint density at radius 2 is 1.87 bits per heavy atom. The van der Waals surface area contributed by atoms with E-state index in [1.807, 2.05) is 32.4 Å². The second kappa shape index (κ2) is 15.4. The number of aliphatic imine (C=N–C) groups is 1. The van der Waals surface area contributed by atoms with Crippen molar-refractivity contribution in [2.24, 2.45) is 16.8 Å². The first-order chi connectivity index (χ1) is 17.9. The van der Waals surface area contributed by atoms with Crippen LogP contribution in [-0.4, -0.2) is 70.5 Å². The molecule has 0 aromatic carbocycles. The van der Waals surface area contributed by atoms with Crippen molar-refractivity contribution in [2.45, 2.75) is 99.3 Å². The van der Waals surface area contributed by atoms with Gasteiger partial charge in [0.2, 0.25) is 0 Å². The highest BCUT2D eigenvalue weighted by Gasteiger charge is 2.28. The third-order valence-corrected chi connectivity index (χ3v) is 6.62. The van der Waals surface area contributed by atoms with Crippen LogP contribution in [0.2, 0.25) is 0 Å². The van der Waals surface area contributed by atoms with Gasteiger partial charge in [-0.1, -0.05) is 27.7 Å². The first-order valence-corrected chi connectivity index (χ1v) is 15.0. The predicted molar refractivity (Wildman–Crippen MR) is 156 cm³/mol. The van der Waals surface area contributed by atoms with E-state index < -0.39 is 5.60 Å². The van der Waals surface area contributed by atoms with Crippen molar-refractivity contribution in [3.8, 4) is 0 Å². The predicted octanol–water partition coefficient (Wildman–Crippen LogP) is 5.51. The Kier molecular flexibility index (Phi) is 12.9. The lowest BCUT2D eigenvalue weighted by molar-refractivity contribution is -0.142. The molecular formula is C28H49N5O4S. The molecule has 0 saturated carbocycles. The summed E-state index contributed by atoms with van der Waals surface area (Å²) in [4.78, 5) is 31.5. The number of nitrogens with one attached hydrogen (secondary N) is 1. The number of esters is 1. The lowest BCUT2D eigenvalue weighted by Crippen LogP contribution is -2.34. The Morgan fingerprint density at radius 3 is 2.50 bits per heavy atom. The molecule has 0 bridgehead atoms. The maximum Gasteiger partial charge on any atom is 0.407 e. The molecule has 1 aliphatic rings. The number of fused-ring (bicyclic) bond motifs is 1. The monoisotopic (exact) mass is 551 g/mol. The summed E-state index contributed by atoms with van der Waals surface area (Å²) >= 11 is 1.59. The van der Waals surface area contributed by atoms with Crippen LogP contribution in [0.3, 0.4) is 0 Å². The number of nitrogens with zero attached hydrogens (tertiary/aromatic N) is 4. The molecule has 0 radical (unpaired) electrons. The number of alkyl carbamates (subject to hydrolysis) is 1. The zero-order valence-electron chi connectivity index (χ0n) is 24.7. The van der Waals surface area contributed by atoms with Crippen molar-refractivity contribution in [1.29, 1.82) is 0 Å². The number of thioether (sulfide) groups is 1. The first-order valence-electron chi connectivity index (χ1n) is 14.0. The largest absolute Gasteiger partial charge is 0.466 e. The van der Waals surface area contributed by atoms with E-state index in [9.17, 15) is 9.59 Å². The molecule has 38 heavy (non-hydrogen) atoms. The van der Waals surface area contributed by atoms with Gasteiger partial charge >= 0.3 is 12.1 Å². The summed E-state index contributed by atoms with van der Waals surface area (Å²) in [6.45, 7) is 19.8. The number of hydrogen-bond acceptors (Lipinski definition) is 8. The Bertz CT molecular complexity index is 923. The van der Waals surface area contributed by atoms with Crippen LogP contribution in [0, 0.1) is 11.8 Å². The number of amides is 1. The molecule has 10 heteroatoms. The van der Waals surface area contributed by atoms with E-state index in [1.165, 1.54) is 0 Å². The molecule has 216 valence electrons. The van der Waals surface area contributed by atoms with E-state index in [0.29, 0.717) is 37.2 Å². The molecule has 1 aliphatic heterocycles. The SMILES string of the molecule is CCOC(=O)CCSC1=N[C@@H](CCCCNC(=O)OC(C)(C)C)CN(CC(C)C)c2cn(CC(C)C)nc21. The van der Waals surface area contributed by atoms with Crippen LogP contribution in [0.15, 0.2) is 11.2 Å². The molecule has 1 aromatic heterocycles. The maximum absolute atomic E-state index is 11.9. The molecule has 2 heterocycles. The fourth-order valence-electron chi connectivity index (χ4n) is 4.23. The van der Waals surface area contributed by atoms with Crippen LogP contribution in [0.4, 0.5) is 10.5 Å². The van der Waals surface area contributed by atoms with E-state index >= 15 is 0 Å². The minimum atomic E-state index is -0.499. The molecule has 0 spiro atoms. The smallest absolute Gasteiger partial charge is 0.407 e. The zero-order chi connectivity index (χ0) is 28.3. The van der Waals surface area contributed by atoms with Gasteiger partial charge in [0.15, 0.2) is 0 Å². The summed E-state index contributed by atoms with van der Waals surface area (Å²) in [5.74, 6) is 1.39. The van der Waals surface area contributed by atoms with Crippen LogP contribution in [0.25, 0.3) is 0 Å². The molecule has 9 nitrogen and oxygen atoms in total.